The van der Waals surface area contributed by atoms with Gasteiger partial charge in [-0.3, -0.25) is 9.59 Å². The van der Waals surface area contributed by atoms with E-state index < -0.39 is 0 Å². The van der Waals surface area contributed by atoms with Crippen LogP contribution in [0.4, 0.5) is 0 Å². The van der Waals surface area contributed by atoms with Gasteiger partial charge in [-0.25, -0.2) is 0 Å². The van der Waals surface area contributed by atoms with E-state index in [9.17, 15) is 9.59 Å². The van der Waals surface area contributed by atoms with Crippen molar-refractivity contribution in [3.05, 3.63) is 55.2 Å². The van der Waals surface area contributed by atoms with Crippen molar-refractivity contribution in [3.63, 3.8) is 0 Å². The summed E-state index contributed by atoms with van der Waals surface area (Å²) in [6, 6.07) is 5.31. The molecule has 1 aromatic carbocycles. The summed E-state index contributed by atoms with van der Waals surface area (Å²) in [5, 5.41) is 0.484. The molecule has 0 fully saturated rings. The highest BCUT2D eigenvalue weighted by Crippen LogP contribution is 2.32. The van der Waals surface area contributed by atoms with Crippen LogP contribution in [0.15, 0.2) is 27.8 Å². The number of benzene rings is 1. The van der Waals surface area contributed by atoms with E-state index in [-0.39, 0.29) is 28.6 Å². The summed E-state index contributed by atoms with van der Waals surface area (Å²) < 4.78 is 10.5. The van der Waals surface area contributed by atoms with Crippen LogP contribution in [0, 0.1) is 0 Å². The number of aromatic amines is 2. The van der Waals surface area contributed by atoms with Crippen LogP contribution >= 0.6 is 0 Å². The highest BCUT2D eigenvalue weighted by molar-refractivity contribution is 5.55. The number of hydrogen-bond donors (Lipinski definition) is 2. The molecule has 1 aliphatic rings. The number of nitrogens with one attached hydrogen (secondary N) is 2. The Kier molecular flexibility index (Phi) is 3.35. The first-order valence-corrected chi connectivity index (χ1v) is 6.61. The lowest BCUT2D eigenvalue weighted by Gasteiger charge is -1.97. The minimum atomic E-state index is -0.341. The molecule has 0 amide bonds. The predicted molar refractivity (Wildman–Crippen MR) is 77.8 cm³/mol. The normalized spacial score (nSPS) is 14.7. The maximum atomic E-state index is 12.0. The molecule has 0 spiro atoms. The molecule has 21 heavy (non-hydrogen) atoms. The van der Waals surface area contributed by atoms with Gasteiger partial charge < -0.3 is 19.4 Å². The molecule has 0 atom stereocenters. The van der Waals surface area contributed by atoms with Gasteiger partial charge in [0.05, 0.1) is 0 Å². The van der Waals surface area contributed by atoms with E-state index in [1.807, 2.05) is 6.92 Å². The van der Waals surface area contributed by atoms with E-state index in [0.717, 1.165) is 5.56 Å². The van der Waals surface area contributed by atoms with Gasteiger partial charge in [0.15, 0.2) is 11.5 Å². The number of hydrogen-bond acceptors (Lipinski definition) is 4. The summed E-state index contributed by atoms with van der Waals surface area (Å²) >= 11 is 0. The molecule has 0 saturated carbocycles. The second-order valence-corrected chi connectivity index (χ2v) is 4.61. The van der Waals surface area contributed by atoms with Crippen molar-refractivity contribution in [2.45, 2.75) is 13.3 Å². The first-order valence-electron chi connectivity index (χ1n) is 6.61. The third kappa shape index (κ3) is 2.60. The quantitative estimate of drug-likeness (QED) is 0.801. The van der Waals surface area contributed by atoms with Gasteiger partial charge in [-0.1, -0.05) is 19.1 Å². The molecule has 6 nitrogen and oxygen atoms in total. The van der Waals surface area contributed by atoms with Gasteiger partial charge in [-0.2, -0.15) is 0 Å². The first kappa shape index (κ1) is 13.2. The van der Waals surface area contributed by atoms with Gasteiger partial charge in [0.25, 0.3) is 11.1 Å². The topological polar surface area (TPSA) is 84.2 Å². The molecule has 0 bridgehead atoms. The molecule has 0 radical (unpaired) electrons. The van der Waals surface area contributed by atoms with Crippen molar-refractivity contribution in [2.75, 3.05) is 6.79 Å². The highest BCUT2D eigenvalue weighted by Gasteiger charge is 2.12. The Morgan fingerprint density at radius 3 is 2.62 bits per heavy atom. The van der Waals surface area contributed by atoms with Crippen LogP contribution in [0.1, 0.15) is 18.9 Å². The number of aromatic nitrogens is 2. The molecule has 108 valence electrons. The molecule has 3 rings (SSSR count). The van der Waals surface area contributed by atoms with E-state index in [1.54, 1.807) is 30.4 Å². The molecule has 0 unspecified atom stereocenters. The highest BCUT2D eigenvalue weighted by atomic mass is 16.7. The largest absolute Gasteiger partial charge is 0.454 e. The molecular formula is C15H14N2O4. The van der Waals surface area contributed by atoms with Crippen molar-refractivity contribution in [3.8, 4) is 11.5 Å². The molecule has 6 heteroatoms. The van der Waals surface area contributed by atoms with Crippen LogP contribution in [0.2, 0.25) is 0 Å². The average molecular weight is 286 g/mol. The zero-order chi connectivity index (χ0) is 14.8. The van der Waals surface area contributed by atoms with Crippen molar-refractivity contribution < 1.29 is 9.47 Å². The van der Waals surface area contributed by atoms with Gasteiger partial charge >= 0.3 is 0 Å². The second kappa shape index (κ2) is 5.32. The van der Waals surface area contributed by atoms with Gasteiger partial charge in [0.2, 0.25) is 6.79 Å². The minimum Gasteiger partial charge on any atom is -0.454 e. The Morgan fingerprint density at radius 2 is 1.81 bits per heavy atom. The van der Waals surface area contributed by atoms with Crippen molar-refractivity contribution >= 4 is 12.2 Å². The second-order valence-electron chi connectivity index (χ2n) is 4.61. The van der Waals surface area contributed by atoms with Gasteiger partial charge in [-0.15, -0.1) is 0 Å². The van der Waals surface area contributed by atoms with Crippen LogP contribution in [-0.4, -0.2) is 16.8 Å². The molecule has 0 aliphatic carbocycles. The van der Waals surface area contributed by atoms with Crippen LogP contribution in [-0.2, 0) is 0 Å². The zero-order valence-corrected chi connectivity index (χ0v) is 11.4. The zero-order valence-electron chi connectivity index (χ0n) is 11.4. The van der Waals surface area contributed by atoms with E-state index in [0.29, 0.717) is 17.9 Å². The molecule has 1 aliphatic heterocycles. The Hall–Kier alpha value is -2.76. The van der Waals surface area contributed by atoms with Gasteiger partial charge in [0, 0.05) is 0 Å². The fraction of sp³-hybridized carbons (Fsp3) is 0.200. The number of fused-ring (bicyclic) bond motifs is 1. The van der Waals surface area contributed by atoms with Crippen LogP contribution in [0.3, 0.4) is 0 Å². The molecule has 2 aromatic rings. The van der Waals surface area contributed by atoms with Gasteiger partial charge in [-0.05, 0) is 30.2 Å². The Morgan fingerprint density at radius 1 is 1.10 bits per heavy atom. The van der Waals surface area contributed by atoms with Crippen LogP contribution in [0.25, 0.3) is 12.2 Å². The first-order chi connectivity index (χ1) is 10.2. The maximum Gasteiger partial charge on any atom is 0.272 e. The fourth-order valence-electron chi connectivity index (χ4n) is 2.11. The van der Waals surface area contributed by atoms with Crippen molar-refractivity contribution in [1.29, 1.82) is 0 Å². The molecule has 0 saturated heterocycles. The van der Waals surface area contributed by atoms with Crippen molar-refractivity contribution in [2.24, 2.45) is 0 Å². The summed E-state index contributed by atoms with van der Waals surface area (Å²) in [6.45, 7) is 2.09. The van der Waals surface area contributed by atoms with E-state index >= 15 is 0 Å². The number of H-pyrrole nitrogens is 2. The summed E-state index contributed by atoms with van der Waals surface area (Å²) in [7, 11) is 0. The Bertz CT molecular complexity index is 908. The smallest absolute Gasteiger partial charge is 0.272 e. The Labute approximate surface area is 119 Å². The standard InChI is InChI=1S/C15H14N2O4/c1-2-3-10-14(18)17-11(15(19)16-10)6-9-4-5-12-13(7-9)21-8-20-12/h3-7H,2,8H2,1H3,(H,16,19)(H,17,18)/b10-3-,11-6-. The van der Waals surface area contributed by atoms with E-state index in [4.69, 9.17) is 9.47 Å². The lowest BCUT2D eigenvalue weighted by molar-refractivity contribution is 0.174. The van der Waals surface area contributed by atoms with E-state index in [1.165, 1.54) is 0 Å². The summed E-state index contributed by atoms with van der Waals surface area (Å²) in [6.07, 6.45) is 3.94. The van der Waals surface area contributed by atoms with Crippen LogP contribution < -0.4 is 31.3 Å². The monoisotopic (exact) mass is 286 g/mol. The Balaban J connectivity index is 2.12. The third-order valence-electron chi connectivity index (χ3n) is 3.10. The third-order valence-corrected chi connectivity index (χ3v) is 3.10. The summed E-state index contributed by atoms with van der Waals surface area (Å²) in [4.78, 5) is 29.0. The fourth-order valence-corrected chi connectivity index (χ4v) is 2.11. The van der Waals surface area contributed by atoms with E-state index in [2.05, 4.69) is 9.97 Å². The summed E-state index contributed by atoms with van der Waals surface area (Å²) in [5.74, 6) is 1.29. The number of ether oxygens (including phenoxy) is 2. The van der Waals surface area contributed by atoms with Gasteiger partial charge in [0.1, 0.15) is 10.7 Å². The molecule has 2 N–H and O–H groups in total. The average Bonchev–Trinajstić information content (AvgIpc) is 2.92. The number of rotatable bonds is 2. The summed E-state index contributed by atoms with van der Waals surface area (Å²) in [5.41, 5.74) is 0.0861. The minimum absolute atomic E-state index is 0.192. The SMILES string of the molecule is CC/C=c1\[nH]c(=O)/c(=C/c2ccc3c(c2)OCO3)[nH]c1=O. The lowest BCUT2D eigenvalue weighted by Crippen LogP contribution is -2.46. The van der Waals surface area contributed by atoms with Crippen molar-refractivity contribution in [1.82, 2.24) is 9.97 Å². The predicted octanol–water partition coefficient (Wildman–Crippen LogP) is -0.189. The lowest BCUT2D eigenvalue weighted by atomic mass is 10.2. The molecular weight excluding hydrogens is 272 g/mol. The molecule has 2 heterocycles. The maximum absolute atomic E-state index is 12.0. The molecule has 1 aromatic heterocycles. The van der Waals surface area contributed by atoms with Crippen LogP contribution in [0.5, 0.6) is 11.5 Å².